The molecule has 2 aliphatic rings. The Balaban J connectivity index is 1.31. The minimum absolute atomic E-state index is 0.120. The zero-order valence-electron chi connectivity index (χ0n) is 28.0. The summed E-state index contributed by atoms with van der Waals surface area (Å²) in [6, 6.07) is 22.0. The summed E-state index contributed by atoms with van der Waals surface area (Å²) < 4.78 is 38.9. The Morgan fingerprint density at radius 2 is 1.49 bits per heavy atom. The van der Waals surface area contributed by atoms with E-state index in [1.54, 1.807) is 11.9 Å². The van der Waals surface area contributed by atoms with Crippen molar-refractivity contribution in [2.24, 2.45) is 5.92 Å². The molecule has 4 N–H and O–H groups in total. The molecule has 3 amide bonds. The lowest BCUT2D eigenvalue weighted by Crippen LogP contribution is -2.58. The summed E-state index contributed by atoms with van der Waals surface area (Å²) in [6.45, 7) is 2.76. The molecule has 0 bridgehead atoms. The largest absolute Gasteiger partial charge is 0.416 e. The number of hydrogen-bond acceptors (Lipinski definition) is 5. The average molecular weight is 678 g/mol. The second-order valence-electron chi connectivity index (χ2n) is 13.0. The van der Waals surface area contributed by atoms with Crippen LogP contribution < -0.4 is 21.3 Å². The van der Waals surface area contributed by atoms with E-state index in [1.807, 2.05) is 67.6 Å². The third-order valence-electron chi connectivity index (χ3n) is 9.89. The van der Waals surface area contributed by atoms with Gasteiger partial charge in [-0.05, 0) is 86.9 Å². The molecule has 11 heteroatoms. The number of nitrogens with zero attached hydrogens (tertiary/aromatic N) is 1. The first-order valence-corrected chi connectivity index (χ1v) is 17.2. The van der Waals surface area contributed by atoms with Gasteiger partial charge in [-0.1, -0.05) is 79.7 Å². The fourth-order valence-corrected chi connectivity index (χ4v) is 7.18. The van der Waals surface area contributed by atoms with E-state index >= 15 is 0 Å². The number of carbonyl (C=O) groups is 3. The molecule has 2 fully saturated rings. The molecule has 3 aromatic carbocycles. The van der Waals surface area contributed by atoms with Gasteiger partial charge in [0.2, 0.25) is 17.7 Å². The third kappa shape index (κ3) is 8.88. The molecule has 2 aliphatic heterocycles. The second kappa shape index (κ2) is 16.5. The summed E-state index contributed by atoms with van der Waals surface area (Å²) in [4.78, 5) is 43.6. The SMILES string of the molecule is CC[C@H](NC)C(=O)N[C@@H]1C(=O)N2[C@@H](CC[C@@H]1CCNCc1ccc(C(F)(F)F)cc1)CC[C@H]2C(=O)NC(c1ccccc1)c1ccccc1. The van der Waals surface area contributed by atoms with Gasteiger partial charge in [0.15, 0.2) is 0 Å². The molecule has 5 rings (SSSR count). The van der Waals surface area contributed by atoms with Crippen molar-refractivity contribution >= 4 is 17.7 Å². The number of hydrogen-bond donors (Lipinski definition) is 4. The van der Waals surface area contributed by atoms with Crippen LogP contribution >= 0.6 is 0 Å². The van der Waals surface area contributed by atoms with Gasteiger partial charge in [0.25, 0.3) is 0 Å². The van der Waals surface area contributed by atoms with Gasteiger partial charge in [0, 0.05) is 12.6 Å². The topological polar surface area (TPSA) is 103 Å². The van der Waals surface area contributed by atoms with E-state index in [0.717, 1.165) is 23.3 Å². The number of nitrogens with one attached hydrogen (secondary N) is 4. The molecule has 49 heavy (non-hydrogen) atoms. The zero-order chi connectivity index (χ0) is 35.0. The third-order valence-corrected chi connectivity index (χ3v) is 9.89. The van der Waals surface area contributed by atoms with Crippen LogP contribution in [-0.2, 0) is 27.1 Å². The van der Waals surface area contributed by atoms with Crippen molar-refractivity contribution in [2.45, 2.75) is 88.4 Å². The fourth-order valence-electron chi connectivity index (χ4n) is 7.18. The molecule has 0 unspecified atom stereocenters. The molecular formula is C38H46F3N5O3. The number of likely N-dealkylation sites (N-methyl/N-ethyl adjacent to an activating group) is 1. The Morgan fingerprint density at radius 3 is 2.06 bits per heavy atom. The summed E-state index contributed by atoms with van der Waals surface area (Å²) in [5.74, 6) is -0.931. The summed E-state index contributed by atoms with van der Waals surface area (Å²) in [7, 11) is 1.71. The van der Waals surface area contributed by atoms with E-state index in [1.165, 1.54) is 12.1 Å². The standard InChI is InChI=1S/C38H46F3N5O3/c1-3-31(42-2)35(47)45-34-28(22-23-43-24-25-14-17-29(18-15-25)38(39,40)41)16-19-30-20-21-32(46(30)37(34)49)36(48)44-33(26-10-6-4-7-11-26)27-12-8-5-9-13-27/h4-15,17-18,28,30-34,42-43H,3,16,19-24H2,1-2H3,(H,44,48)(H,45,47)/t28-,30+,31+,32+,34+/m1/s1. The highest BCUT2D eigenvalue weighted by Gasteiger charge is 2.48. The highest BCUT2D eigenvalue weighted by Crippen LogP contribution is 2.36. The minimum Gasteiger partial charge on any atom is -0.343 e. The van der Waals surface area contributed by atoms with Crippen molar-refractivity contribution in [3.05, 3.63) is 107 Å². The number of amides is 3. The zero-order valence-corrected chi connectivity index (χ0v) is 28.0. The Hall–Kier alpha value is -4.22. The van der Waals surface area contributed by atoms with Crippen LogP contribution in [0.25, 0.3) is 0 Å². The molecule has 0 aliphatic carbocycles. The van der Waals surface area contributed by atoms with Crippen LogP contribution in [-0.4, -0.2) is 60.4 Å². The molecule has 2 saturated heterocycles. The van der Waals surface area contributed by atoms with E-state index in [9.17, 15) is 27.6 Å². The molecule has 0 aromatic heterocycles. The summed E-state index contributed by atoms with van der Waals surface area (Å²) in [5, 5.41) is 12.6. The number of halogens is 3. The van der Waals surface area contributed by atoms with E-state index in [0.29, 0.717) is 57.2 Å². The van der Waals surface area contributed by atoms with Gasteiger partial charge < -0.3 is 26.2 Å². The molecular weight excluding hydrogens is 631 g/mol. The van der Waals surface area contributed by atoms with Gasteiger partial charge in [0.1, 0.15) is 12.1 Å². The molecule has 0 radical (unpaired) electrons. The number of benzene rings is 3. The average Bonchev–Trinajstić information content (AvgIpc) is 3.49. The Kier molecular flexibility index (Phi) is 12.1. The van der Waals surface area contributed by atoms with Crippen LogP contribution in [0.5, 0.6) is 0 Å². The van der Waals surface area contributed by atoms with Gasteiger partial charge in [-0.2, -0.15) is 13.2 Å². The molecule has 3 aromatic rings. The van der Waals surface area contributed by atoms with Crippen molar-refractivity contribution in [1.82, 2.24) is 26.2 Å². The smallest absolute Gasteiger partial charge is 0.343 e. The second-order valence-corrected chi connectivity index (χ2v) is 13.0. The van der Waals surface area contributed by atoms with Crippen molar-refractivity contribution in [3.8, 4) is 0 Å². The Labute approximate surface area is 286 Å². The summed E-state index contributed by atoms with van der Waals surface area (Å²) in [5.41, 5.74) is 1.89. The lowest BCUT2D eigenvalue weighted by molar-refractivity contribution is -0.143. The monoisotopic (exact) mass is 677 g/mol. The molecule has 8 nitrogen and oxygen atoms in total. The number of rotatable bonds is 13. The first-order chi connectivity index (χ1) is 23.6. The van der Waals surface area contributed by atoms with Crippen LogP contribution in [0, 0.1) is 5.92 Å². The van der Waals surface area contributed by atoms with Crippen LogP contribution in [0.3, 0.4) is 0 Å². The van der Waals surface area contributed by atoms with Gasteiger partial charge in [-0.25, -0.2) is 0 Å². The quantitative estimate of drug-likeness (QED) is 0.183. The maximum Gasteiger partial charge on any atom is 0.416 e. The first kappa shape index (κ1) is 36.1. The van der Waals surface area contributed by atoms with Gasteiger partial charge in [-0.15, -0.1) is 0 Å². The van der Waals surface area contributed by atoms with Crippen LogP contribution in [0.2, 0.25) is 0 Å². The Morgan fingerprint density at radius 1 is 0.878 bits per heavy atom. The van der Waals surface area contributed by atoms with E-state index in [4.69, 9.17) is 0 Å². The van der Waals surface area contributed by atoms with Crippen molar-refractivity contribution in [3.63, 3.8) is 0 Å². The van der Waals surface area contributed by atoms with Gasteiger partial charge in [0.05, 0.1) is 17.6 Å². The molecule has 5 atom stereocenters. The maximum absolute atomic E-state index is 14.5. The first-order valence-electron chi connectivity index (χ1n) is 17.2. The van der Waals surface area contributed by atoms with Crippen molar-refractivity contribution in [2.75, 3.05) is 13.6 Å². The lowest BCUT2D eigenvalue weighted by atomic mass is 9.90. The van der Waals surface area contributed by atoms with Gasteiger partial charge in [-0.3, -0.25) is 14.4 Å². The normalized spacial score (nSPS) is 21.6. The minimum atomic E-state index is -4.39. The van der Waals surface area contributed by atoms with E-state index in [2.05, 4.69) is 21.3 Å². The fraction of sp³-hybridized carbons (Fsp3) is 0.447. The number of alkyl halides is 3. The Bertz CT molecular complexity index is 1490. The number of carbonyl (C=O) groups excluding carboxylic acids is 3. The van der Waals surface area contributed by atoms with Crippen molar-refractivity contribution < 1.29 is 27.6 Å². The number of fused-ring (bicyclic) bond motifs is 1. The predicted octanol–water partition coefficient (Wildman–Crippen LogP) is 5.34. The summed E-state index contributed by atoms with van der Waals surface area (Å²) >= 11 is 0. The van der Waals surface area contributed by atoms with Crippen LogP contribution in [0.15, 0.2) is 84.9 Å². The van der Waals surface area contributed by atoms with Crippen molar-refractivity contribution in [1.29, 1.82) is 0 Å². The molecule has 0 spiro atoms. The van der Waals surface area contributed by atoms with E-state index in [-0.39, 0.29) is 29.7 Å². The van der Waals surface area contributed by atoms with E-state index < -0.39 is 35.9 Å². The molecule has 262 valence electrons. The van der Waals surface area contributed by atoms with Crippen LogP contribution in [0.1, 0.15) is 73.7 Å². The molecule has 2 heterocycles. The highest BCUT2D eigenvalue weighted by molar-refractivity contribution is 5.94. The predicted molar refractivity (Wildman–Crippen MR) is 182 cm³/mol. The maximum atomic E-state index is 14.5. The molecule has 0 saturated carbocycles. The van der Waals surface area contributed by atoms with Crippen LogP contribution in [0.4, 0.5) is 13.2 Å². The van der Waals surface area contributed by atoms with Gasteiger partial charge >= 0.3 is 6.18 Å². The lowest BCUT2D eigenvalue weighted by Gasteiger charge is -2.33. The summed E-state index contributed by atoms with van der Waals surface area (Å²) in [6.07, 6.45) is -0.668. The highest BCUT2D eigenvalue weighted by atomic mass is 19.4.